The summed E-state index contributed by atoms with van der Waals surface area (Å²) < 4.78 is 1.98. The molecule has 26 heavy (non-hydrogen) atoms. The first kappa shape index (κ1) is 16.7. The van der Waals surface area contributed by atoms with Crippen molar-refractivity contribution in [3.63, 3.8) is 0 Å². The van der Waals surface area contributed by atoms with E-state index in [9.17, 15) is 4.79 Å². The summed E-state index contributed by atoms with van der Waals surface area (Å²) in [5.41, 5.74) is 1.67. The van der Waals surface area contributed by atoms with Crippen LogP contribution in [0.2, 0.25) is 0 Å². The van der Waals surface area contributed by atoms with Gasteiger partial charge >= 0.3 is 0 Å². The van der Waals surface area contributed by atoms with E-state index >= 15 is 0 Å². The maximum absolute atomic E-state index is 12.8. The molecule has 0 radical (unpaired) electrons. The van der Waals surface area contributed by atoms with Crippen molar-refractivity contribution < 1.29 is 4.79 Å². The van der Waals surface area contributed by atoms with E-state index in [0.717, 1.165) is 42.3 Å². The lowest BCUT2D eigenvalue weighted by Gasteiger charge is -2.28. The van der Waals surface area contributed by atoms with Gasteiger partial charge in [0.25, 0.3) is 5.91 Å². The van der Waals surface area contributed by atoms with Crippen molar-refractivity contribution in [2.75, 3.05) is 25.5 Å². The Morgan fingerprint density at radius 3 is 2.85 bits per heavy atom. The van der Waals surface area contributed by atoms with Gasteiger partial charge in [0.05, 0.1) is 6.04 Å². The number of nitrogens with zero attached hydrogens (tertiary/aromatic N) is 4. The number of piperidine rings is 1. The summed E-state index contributed by atoms with van der Waals surface area (Å²) in [5, 5.41) is 9.38. The Hall–Kier alpha value is -2.73. The number of carbonyl (C=O) groups is 1. The van der Waals surface area contributed by atoms with Crippen LogP contribution in [0.15, 0.2) is 42.9 Å². The molecule has 0 atom stereocenters. The smallest absolute Gasteiger partial charge is 0.257 e. The average Bonchev–Trinajstić information content (AvgIpc) is 3.10. The molecule has 0 bridgehead atoms. The number of likely N-dealkylation sites (tertiary alicyclic amines) is 1. The van der Waals surface area contributed by atoms with Crippen LogP contribution in [0.5, 0.6) is 0 Å². The third kappa shape index (κ3) is 3.32. The molecule has 6 nitrogen and oxygen atoms in total. The predicted octanol–water partition coefficient (Wildman–Crippen LogP) is 3.26. The SMILES string of the molecule is Cc1cc(C(=O)Nc2ccn(C3CCN(C)CC3)n2)c2cnccc2c1. The third-order valence-corrected chi connectivity index (χ3v) is 5.06. The van der Waals surface area contributed by atoms with Crippen molar-refractivity contribution >= 4 is 22.5 Å². The molecule has 0 spiro atoms. The number of hydrogen-bond acceptors (Lipinski definition) is 4. The van der Waals surface area contributed by atoms with Crippen LogP contribution in [0.3, 0.4) is 0 Å². The Balaban J connectivity index is 1.54. The van der Waals surface area contributed by atoms with Gasteiger partial charge in [-0.25, -0.2) is 0 Å². The normalized spacial score (nSPS) is 16.1. The number of rotatable bonds is 3. The van der Waals surface area contributed by atoms with E-state index in [1.807, 2.05) is 36.0 Å². The monoisotopic (exact) mass is 349 g/mol. The van der Waals surface area contributed by atoms with E-state index in [4.69, 9.17) is 0 Å². The first-order valence-corrected chi connectivity index (χ1v) is 8.99. The molecule has 1 amide bonds. The Morgan fingerprint density at radius 1 is 1.23 bits per heavy atom. The van der Waals surface area contributed by atoms with Crippen LogP contribution in [0.25, 0.3) is 10.8 Å². The minimum atomic E-state index is -0.152. The average molecular weight is 349 g/mol. The quantitative estimate of drug-likeness (QED) is 0.788. The van der Waals surface area contributed by atoms with Crippen LogP contribution in [0.1, 0.15) is 34.8 Å². The van der Waals surface area contributed by atoms with Crippen molar-refractivity contribution in [1.29, 1.82) is 0 Å². The summed E-state index contributed by atoms with van der Waals surface area (Å²) in [6.45, 7) is 4.15. The van der Waals surface area contributed by atoms with Crippen molar-refractivity contribution in [3.8, 4) is 0 Å². The summed E-state index contributed by atoms with van der Waals surface area (Å²) in [6, 6.07) is 8.15. The number of nitrogens with one attached hydrogen (secondary N) is 1. The van der Waals surface area contributed by atoms with Crippen molar-refractivity contribution in [1.82, 2.24) is 19.7 Å². The summed E-state index contributed by atoms with van der Waals surface area (Å²) in [4.78, 5) is 19.3. The van der Waals surface area contributed by atoms with Gasteiger partial charge in [-0.15, -0.1) is 0 Å². The third-order valence-electron chi connectivity index (χ3n) is 5.06. The molecule has 4 rings (SSSR count). The number of amides is 1. The second-order valence-electron chi connectivity index (χ2n) is 7.08. The number of benzene rings is 1. The number of fused-ring (bicyclic) bond motifs is 1. The number of pyridine rings is 1. The van der Waals surface area contributed by atoms with Crippen molar-refractivity contribution in [2.45, 2.75) is 25.8 Å². The fourth-order valence-corrected chi connectivity index (χ4v) is 3.59. The molecule has 1 fully saturated rings. The second kappa shape index (κ2) is 6.88. The number of carbonyl (C=O) groups excluding carboxylic acids is 1. The van der Waals surface area contributed by atoms with E-state index in [1.54, 1.807) is 12.4 Å². The first-order valence-electron chi connectivity index (χ1n) is 8.99. The van der Waals surface area contributed by atoms with Gasteiger partial charge in [0, 0.05) is 35.6 Å². The van der Waals surface area contributed by atoms with Crippen molar-refractivity contribution in [3.05, 3.63) is 54.0 Å². The van der Waals surface area contributed by atoms with Gasteiger partial charge in [-0.05, 0) is 63.0 Å². The number of aryl methyl sites for hydroxylation is 1. The van der Waals surface area contributed by atoms with E-state index in [2.05, 4.69) is 33.4 Å². The molecule has 0 aliphatic carbocycles. The zero-order valence-corrected chi connectivity index (χ0v) is 15.1. The molecule has 0 unspecified atom stereocenters. The number of hydrogen-bond donors (Lipinski definition) is 1. The Morgan fingerprint density at radius 2 is 2.04 bits per heavy atom. The van der Waals surface area contributed by atoms with Gasteiger partial charge in [0.15, 0.2) is 5.82 Å². The largest absolute Gasteiger partial charge is 0.306 e. The summed E-state index contributed by atoms with van der Waals surface area (Å²) >= 11 is 0. The van der Waals surface area contributed by atoms with Gasteiger partial charge in [-0.1, -0.05) is 6.07 Å². The lowest BCUT2D eigenvalue weighted by molar-refractivity contribution is 0.102. The van der Waals surface area contributed by atoms with Crippen LogP contribution >= 0.6 is 0 Å². The highest BCUT2D eigenvalue weighted by Crippen LogP contribution is 2.23. The maximum atomic E-state index is 12.8. The van der Waals surface area contributed by atoms with Crippen LogP contribution < -0.4 is 5.32 Å². The predicted molar refractivity (Wildman–Crippen MR) is 102 cm³/mol. The molecule has 1 aromatic carbocycles. The lowest BCUT2D eigenvalue weighted by Crippen LogP contribution is -2.31. The molecule has 2 aromatic heterocycles. The lowest BCUT2D eigenvalue weighted by atomic mass is 10.0. The highest BCUT2D eigenvalue weighted by atomic mass is 16.1. The zero-order valence-electron chi connectivity index (χ0n) is 15.1. The number of anilines is 1. The van der Waals surface area contributed by atoms with Crippen LogP contribution in [-0.2, 0) is 0 Å². The molecule has 134 valence electrons. The Kier molecular flexibility index (Phi) is 4.42. The minimum absolute atomic E-state index is 0.152. The van der Waals surface area contributed by atoms with E-state index in [0.29, 0.717) is 17.4 Å². The zero-order chi connectivity index (χ0) is 18.1. The van der Waals surface area contributed by atoms with E-state index < -0.39 is 0 Å². The molecule has 1 aliphatic rings. The van der Waals surface area contributed by atoms with E-state index in [1.165, 1.54) is 0 Å². The second-order valence-corrected chi connectivity index (χ2v) is 7.08. The molecule has 0 saturated carbocycles. The summed E-state index contributed by atoms with van der Waals surface area (Å²) in [7, 11) is 2.14. The van der Waals surface area contributed by atoms with Crippen LogP contribution in [0.4, 0.5) is 5.82 Å². The van der Waals surface area contributed by atoms with Crippen LogP contribution in [-0.4, -0.2) is 45.7 Å². The molecule has 3 aromatic rings. The molecule has 1 saturated heterocycles. The fraction of sp³-hybridized carbons (Fsp3) is 0.350. The van der Waals surface area contributed by atoms with Gasteiger partial charge in [0.2, 0.25) is 0 Å². The van der Waals surface area contributed by atoms with Gasteiger partial charge in [-0.3, -0.25) is 14.5 Å². The molecule has 1 N–H and O–H groups in total. The minimum Gasteiger partial charge on any atom is -0.306 e. The molecular weight excluding hydrogens is 326 g/mol. The van der Waals surface area contributed by atoms with Gasteiger partial charge in [0.1, 0.15) is 0 Å². The summed E-state index contributed by atoms with van der Waals surface area (Å²) in [6.07, 6.45) is 7.61. The van der Waals surface area contributed by atoms with Gasteiger partial charge in [-0.2, -0.15) is 5.10 Å². The summed E-state index contributed by atoms with van der Waals surface area (Å²) in [5.74, 6) is 0.438. The first-order chi connectivity index (χ1) is 12.6. The van der Waals surface area contributed by atoms with Crippen molar-refractivity contribution in [2.24, 2.45) is 0 Å². The topological polar surface area (TPSA) is 63.1 Å². The highest BCUT2D eigenvalue weighted by molar-refractivity contribution is 6.12. The van der Waals surface area contributed by atoms with E-state index in [-0.39, 0.29) is 5.91 Å². The molecule has 1 aliphatic heterocycles. The number of aromatic nitrogens is 3. The molecular formula is C20H23N5O. The molecule has 3 heterocycles. The maximum Gasteiger partial charge on any atom is 0.257 e. The van der Waals surface area contributed by atoms with Gasteiger partial charge < -0.3 is 10.2 Å². The Bertz CT molecular complexity index is 940. The standard InChI is InChI=1S/C20H23N5O/c1-14-11-15-3-7-21-13-18(15)17(12-14)20(26)22-19-6-10-25(23-19)16-4-8-24(2)9-5-16/h3,6-7,10-13,16H,4-5,8-9H2,1-2H3,(H,22,23,26). The Labute approximate surface area is 152 Å². The fourth-order valence-electron chi connectivity index (χ4n) is 3.59. The molecule has 6 heteroatoms. The highest BCUT2D eigenvalue weighted by Gasteiger charge is 2.19. The van der Waals surface area contributed by atoms with Crippen LogP contribution in [0, 0.1) is 6.92 Å².